The van der Waals surface area contributed by atoms with Crippen molar-refractivity contribution in [3.05, 3.63) is 59.2 Å². The summed E-state index contributed by atoms with van der Waals surface area (Å²) < 4.78 is 0. The maximum Gasteiger partial charge on any atom is 0.307 e. The lowest BCUT2D eigenvalue weighted by molar-refractivity contribution is -0.136. The molecule has 0 radical (unpaired) electrons. The van der Waals surface area contributed by atoms with Crippen molar-refractivity contribution in [1.82, 2.24) is 9.97 Å². The van der Waals surface area contributed by atoms with Crippen molar-refractivity contribution >= 4 is 28.1 Å². The molecule has 116 valence electrons. The Morgan fingerprint density at radius 1 is 1.26 bits per heavy atom. The van der Waals surface area contributed by atoms with E-state index in [2.05, 4.69) is 15.3 Å². The summed E-state index contributed by atoms with van der Waals surface area (Å²) in [6.07, 6.45) is 3.50. The van der Waals surface area contributed by atoms with Gasteiger partial charge in [0.2, 0.25) is 0 Å². The van der Waals surface area contributed by atoms with Gasteiger partial charge in [-0.15, -0.1) is 11.3 Å². The van der Waals surface area contributed by atoms with Crippen molar-refractivity contribution < 1.29 is 9.90 Å². The lowest BCUT2D eigenvalue weighted by Crippen LogP contribution is -1.99. The second-order valence-electron chi connectivity index (χ2n) is 5.06. The molecule has 2 heterocycles. The molecule has 2 aromatic heterocycles. The van der Waals surface area contributed by atoms with Gasteiger partial charge in [0.1, 0.15) is 0 Å². The van der Waals surface area contributed by atoms with E-state index in [0.717, 1.165) is 32.5 Å². The first-order valence-corrected chi connectivity index (χ1v) is 7.89. The molecule has 0 saturated carbocycles. The molecule has 0 bridgehead atoms. The molecule has 0 amide bonds. The summed E-state index contributed by atoms with van der Waals surface area (Å²) in [5.74, 6) is -0.828. The number of nitrogens with one attached hydrogen (secondary N) is 1. The lowest BCUT2D eigenvalue weighted by atomic mass is 10.1. The smallest absolute Gasteiger partial charge is 0.307 e. The largest absolute Gasteiger partial charge is 0.481 e. The monoisotopic (exact) mass is 325 g/mol. The number of carboxylic acids is 1. The molecule has 0 unspecified atom stereocenters. The van der Waals surface area contributed by atoms with E-state index >= 15 is 0 Å². The van der Waals surface area contributed by atoms with Gasteiger partial charge in [-0.2, -0.15) is 0 Å². The van der Waals surface area contributed by atoms with Crippen LogP contribution in [0, 0.1) is 6.92 Å². The Hall–Kier alpha value is -2.73. The lowest BCUT2D eigenvalue weighted by Gasteiger charge is -2.02. The highest BCUT2D eigenvalue weighted by Crippen LogP contribution is 2.31. The molecule has 6 heteroatoms. The highest BCUT2D eigenvalue weighted by atomic mass is 32.1. The van der Waals surface area contributed by atoms with Crippen LogP contribution in [-0.4, -0.2) is 21.0 Å². The Balaban J connectivity index is 1.82. The van der Waals surface area contributed by atoms with E-state index in [1.54, 1.807) is 23.7 Å². The SMILES string of the molecule is Cc1sc(Nc2cccnc2)nc1-c1ccc(CC(=O)O)cc1. The summed E-state index contributed by atoms with van der Waals surface area (Å²) >= 11 is 1.57. The third-order valence-electron chi connectivity index (χ3n) is 3.29. The molecule has 3 rings (SSSR count). The third-order valence-corrected chi connectivity index (χ3v) is 4.18. The van der Waals surface area contributed by atoms with Crippen LogP contribution in [0.3, 0.4) is 0 Å². The van der Waals surface area contributed by atoms with Crippen LogP contribution in [0.4, 0.5) is 10.8 Å². The number of hydrogen-bond donors (Lipinski definition) is 2. The normalized spacial score (nSPS) is 10.5. The van der Waals surface area contributed by atoms with Crippen LogP contribution >= 0.6 is 11.3 Å². The van der Waals surface area contributed by atoms with Crippen LogP contribution in [0.2, 0.25) is 0 Å². The van der Waals surface area contributed by atoms with E-state index in [9.17, 15) is 4.79 Å². The third kappa shape index (κ3) is 3.73. The van der Waals surface area contributed by atoms with E-state index in [-0.39, 0.29) is 6.42 Å². The molecule has 0 atom stereocenters. The number of benzene rings is 1. The second kappa shape index (κ2) is 6.58. The van der Waals surface area contributed by atoms with Crippen LogP contribution in [-0.2, 0) is 11.2 Å². The average Bonchev–Trinajstić information content (AvgIpc) is 2.89. The first-order valence-electron chi connectivity index (χ1n) is 7.07. The van der Waals surface area contributed by atoms with E-state index < -0.39 is 5.97 Å². The number of carboxylic acid groups (broad SMARTS) is 1. The summed E-state index contributed by atoms with van der Waals surface area (Å²) in [7, 11) is 0. The van der Waals surface area contributed by atoms with Crippen LogP contribution in [0.1, 0.15) is 10.4 Å². The van der Waals surface area contributed by atoms with Gasteiger partial charge >= 0.3 is 5.97 Å². The number of aliphatic carboxylic acids is 1. The standard InChI is InChI=1S/C17H15N3O2S/c1-11-16(13-6-4-12(5-7-13)9-15(21)22)20-17(23-11)19-14-3-2-8-18-10-14/h2-8,10H,9H2,1H3,(H,19,20)(H,21,22). The number of nitrogens with zero attached hydrogens (tertiary/aromatic N) is 2. The molecule has 1 aromatic carbocycles. The Morgan fingerprint density at radius 3 is 2.70 bits per heavy atom. The van der Waals surface area contributed by atoms with Crippen molar-refractivity contribution in [2.45, 2.75) is 13.3 Å². The summed E-state index contributed by atoms with van der Waals surface area (Å²) in [6.45, 7) is 2.02. The van der Waals surface area contributed by atoms with Gasteiger partial charge in [-0.05, 0) is 24.6 Å². The summed E-state index contributed by atoms with van der Waals surface area (Å²) in [4.78, 5) is 20.5. The Labute approximate surface area is 137 Å². The van der Waals surface area contributed by atoms with Gasteiger partial charge in [0.25, 0.3) is 0 Å². The molecule has 23 heavy (non-hydrogen) atoms. The first-order chi connectivity index (χ1) is 11.1. The molecule has 5 nitrogen and oxygen atoms in total. The van der Waals surface area contributed by atoms with E-state index in [4.69, 9.17) is 5.11 Å². The van der Waals surface area contributed by atoms with E-state index in [1.807, 2.05) is 43.3 Å². The zero-order valence-corrected chi connectivity index (χ0v) is 13.3. The van der Waals surface area contributed by atoms with Gasteiger partial charge in [-0.3, -0.25) is 9.78 Å². The molecular weight excluding hydrogens is 310 g/mol. The number of rotatable bonds is 5. The van der Waals surface area contributed by atoms with Crippen molar-refractivity contribution in [3.63, 3.8) is 0 Å². The summed E-state index contributed by atoms with van der Waals surface area (Å²) in [5, 5.41) is 12.9. The van der Waals surface area contributed by atoms with Crippen molar-refractivity contribution in [2.75, 3.05) is 5.32 Å². The van der Waals surface area contributed by atoms with Crippen LogP contribution in [0.25, 0.3) is 11.3 Å². The van der Waals surface area contributed by atoms with Crippen LogP contribution in [0.15, 0.2) is 48.8 Å². The van der Waals surface area contributed by atoms with E-state index in [1.165, 1.54) is 0 Å². The molecule has 0 fully saturated rings. The van der Waals surface area contributed by atoms with Gasteiger partial charge in [0, 0.05) is 16.6 Å². The minimum absolute atomic E-state index is 0.0319. The first kappa shape index (κ1) is 15.2. The number of aromatic nitrogens is 2. The minimum Gasteiger partial charge on any atom is -0.481 e. The average molecular weight is 325 g/mol. The second-order valence-corrected chi connectivity index (χ2v) is 6.26. The van der Waals surface area contributed by atoms with Gasteiger partial charge < -0.3 is 10.4 Å². The number of hydrogen-bond acceptors (Lipinski definition) is 5. The number of pyridine rings is 1. The summed E-state index contributed by atoms with van der Waals surface area (Å²) in [5.41, 5.74) is 3.56. The van der Waals surface area contributed by atoms with Crippen molar-refractivity contribution in [1.29, 1.82) is 0 Å². The molecule has 0 aliphatic carbocycles. The topological polar surface area (TPSA) is 75.1 Å². The van der Waals surface area contributed by atoms with Gasteiger partial charge in [0.15, 0.2) is 5.13 Å². The maximum atomic E-state index is 10.7. The molecule has 3 aromatic rings. The van der Waals surface area contributed by atoms with Crippen LogP contribution < -0.4 is 5.32 Å². The zero-order chi connectivity index (χ0) is 16.2. The van der Waals surface area contributed by atoms with Crippen LogP contribution in [0.5, 0.6) is 0 Å². The highest BCUT2D eigenvalue weighted by molar-refractivity contribution is 7.16. The number of carbonyl (C=O) groups is 1. The maximum absolute atomic E-state index is 10.7. The fraction of sp³-hybridized carbons (Fsp3) is 0.118. The number of aryl methyl sites for hydroxylation is 1. The molecule has 2 N–H and O–H groups in total. The fourth-order valence-electron chi connectivity index (χ4n) is 2.23. The molecule has 0 aliphatic heterocycles. The Bertz CT molecular complexity index is 814. The van der Waals surface area contributed by atoms with E-state index in [0.29, 0.717) is 0 Å². The van der Waals surface area contributed by atoms with Gasteiger partial charge in [-0.25, -0.2) is 4.98 Å². The number of anilines is 2. The minimum atomic E-state index is -0.828. The zero-order valence-electron chi connectivity index (χ0n) is 12.5. The quantitative estimate of drug-likeness (QED) is 0.744. The van der Waals surface area contributed by atoms with Gasteiger partial charge in [-0.1, -0.05) is 24.3 Å². The predicted molar refractivity (Wildman–Crippen MR) is 91.1 cm³/mol. The highest BCUT2D eigenvalue weighted by Gasteiger charge is 2.10. The molecule has 0 spiro atoms. The molecule has 0 saturated heterocycles. The Morgan fingerprint density at radius 2 is 2.04 bits per heavy atom. The number of thiazole rings is 1. The predicted octanol–water partition coefficient (Wildman–Crippen LogP) is 3.88. The molecule has 0 aliphatic rings. The fourth-order valence-corrected chi connectivity index (χ4v) is 3.09. The van der Waals surface area contributed by atoms with Crippen molar-refractivity contribution in [2.24, 2.45) is 0 Å². The van der Waals surface area contributed by atoms with Gasteiger partial charge in [0.05, 0.1) is 24.0 Å². The Kier molecular flexibility index (Phi) is 4.34. The summed E-state index contributed by atoms with van der Waals surface area (Å²) in [6, 6.07) is 11.3. The van der Waals surface area contributed by atoms with Crippen molar-refractivity contribution in [3.8, 4) is 11.3 Å². The molecular formula is C17H15N3O2S.